The average molecular weight is 326 g/mol. The predicted molar refractivity (Wildman–Crippen MR) is 83.9 cm³/mol. The zero-order valence-electron chi connectivity index (χ0n) is 12.0. The average Bonchev–Trinajstić information content (AvgIpc) is 2.86. The van der Waals surface area contributed by atoms with Gasteiger partial charge in [0.1, 0.15) is 5.75 Å². The highest BCUT2D eigenvalue weighted by molar-refractivity contribution is 9.10. The van der Waals surface area contributed by atoms with Crippen molar-refractivity contribution in [3.63, 3.8) is 0 Å². The Balaban J connectivity index is 2.10. The molecular weight excluding hydrogens is 302 g/mol. The predicted octanol–water partition coefficient (Wildman–Crippen LogP) is 4.61. The summed E-state index contributed by atoms with van der Waals surface area (Å²) in [6.07, 6.45) is 7.45. The summed E-state index contributed by atoms with van der Waals surface area (Å²) in [4.78, 5) is 0. The van der Waals surface area contributed by atoms with Crippen LogP contribution in [0.25, 0.3) is 0 Å². The third-order valence-electron chi connectivity index (χ3n) is 3.85. The minimum absolute atomic E-state index is 0.404. The number of unbranched alkanes of at least 4 members (excludes halogenated alkanes) is 3. The minimum Gasteiger partial charge on any atom is -0.493 e. The first-order valence-corrected chi connectivity index (χ1v) is 8.18. The molecule has 3 heteroatoms. The van der Waals surface area contributed by atoms with E-state index in [2.05, 4.69) is 40.3 Å². The third kappa shape index (κ3) is 3.73. The molecule has 1 N–H and O–H groups in total. The molecule has 1 unspecified atom stereocenters. The van der Waals surface area contributed by atoms with Gasteiger partial charge >= 0.3 is 0 Å². The maximum absolute atomic E-state index is 5.83. The van der Waals surface area contributed by atoms with Crippen LogP contribution in [0.1, 0.15) is 56.2 Å². The topological polar surface area (TPSA) is 21.3 Å². The van der Waals surface area contributed by atoms with E-state index < -0.39 is 0 Å². The SMILES string of the molecule is CCCCCCC(NC)c1cc(Br)cc2c1OCC2. The Morgan fingerprint density at radius 3 is 2.89 bits per heavy atom. The van der Waals surface area contributed by atoms with E-state index in [1.54, 1.807) is 0 Å². The van der Waals surface area contributed by atoms with Crippen LogP contribution in [-0.2, 0) is 6.42 Å². The van der Waals surface area contributed by atoms with E-state index in [-0.39, 0.29) is 0 Å². The highest BCUT2D eigenvalue weighted by Gasteiger charge is 2.22. The van der Waals surface area contributed by atoms with Gasteiger partial charge in [-0.25, -0.2) is 0 Å². The van der Waals surface area contributed by atoms with Crippen LogP contribution < -0.4 is 10.1 Å². The second-order valence-corrected chi connectivity index (χ2v) is 6.19. The number of rotatable bonds is 7. The van der Waals surface area contributed by atoms with Crippen molar-refractivity contribution in [3.8, 4) is 5.75 Å². The summed E-state index contributed by atoms with van der Waals surface area (Å²) in [5.41, 5.74) is 2.67. The van der Waals surface area contributed by atoms with Crippen molar-refractivity contribution in [2.24, 2.45) is 0 Å². The Morgan fingerprint density at radius 1 is 1.32 bits per heavy atom. The molecule has 1 aromatic rings. The molecular formula is C16H24BrNO. The van der Waals surface area contributed by atoms with Gasteiger partial charge in [-0.2, -0.15) is 0 Å². The summed E-state index contributed by atoms with van der Waals surface area (Å²) in [7, 11) is 2.05. The van der Waals surface area contributed by atoms with Gasteiger partial charge in [0.2, 0.25) is 0 Å². The maximum Gasteiger partial charge on any atom is 0.127 e. The summed E-state index contributed by atoms with van der Waals surface area (Å²) in [5, 5.41) is 3.45. The van der Waals surface area contributed by atoms with Gasteiger partial charge in [-0.1, -0.05) is 48.5 Å². The molecule has 0 aliphatic carbocycles. The summed E-state index contributed by atoms with van der Waals surface area (Å²) in [5.74, 6) is 1.12. The van der Waals surface area contributed by atoms with E-state index in [0.29, 0.717) is 6.04 Å². The van der Waals surface area contributed by atoms with E-state index in [4.69, 9.17) is 4.74 Å². The standard InChI is InChI=1S/C16H24BrNO/c1-3-4-5-6-7-15(18-2)14-11-13(17)10-12-8-9-19-16(12)14/h10-11,15,18H,3-9H2,1-2H3. The molecule has 0 radical (unpaired) electrons. The van der Waals surface area contributed by atoms with Crippen molar-refractivity contribution in [2.45, 2.75) is 51.5 Å². The smallest absolute Gasteiger partial charge is 0.127 e. The third-order valence-corrected chi connectivity index (χ3v) is 4.31. The Hall–Kier alpha value is -0.540. The molecule has 0 fully saturated rings. The molecule has 106 valence electrons. The molecule has 0 saturated heterocycles. The summed E-state index contributed by atoms with van der Waals surface area (Å²) >= 11 is 3.62. The number of benzene rings is 1. The van der Waals surface area contributed by atoms with Gasteiger partial charge in [-0.15, -0.1) is 0 Å². The van der Waals surface area contributed by atoms with E-state index in [1.165, 1.54) is 47.7 Å². The van der Waals surface area contributed by atoms with Crippen molar-refractivity contribution in [1.29, 1.82) is 0 Å². The monoisotopic (exact) mass is 325 g/mol. The lowest BCUT2D eigenvalue weighted by atomic mass is 9.97. The number of hydrogen-bond acceptors (Lipinski definition) is 2. The van der Waals surface area contributed by atoms with Gasteiger partial charge in [0.05, 0.1) is 6.61 Å². The molecule has 19 heavy (non-hydrogen) atoms. The molecule has 1 aliphatic rings. The zero-order chi connectivity index (χ0) is 13.7. The van der Waals surface area contributed by atoms with Crippen molar-refractivity contribution in [3.05, 3.63) is 27.7 Å². The Bertz CT molecular complexity index is 419. The van der Waals surface area contributed by atoms with Crippen LogP contribution >= 0.6 is 15.9 Å². The van der Waals surface area contributed by atoms with Crippen LogP contribution in [0.2, 0.25) is 0 Å². The molecule has 2 rings (SSSR count). The highest BCUT2D eigenvalue weighted by Crippen LogP contribution is 2.37. The fourth-order valence-corrected chi connectivity index (χ4v) is 3.31. The Morgan fingerprint density at radius 2 is 2.16 bits per heavy atom. The van der Waals surface area contributed by atoms with E-state index >= 15 is 0 Å². The molecule has 0 bridgehead atoms. The van der Waals surface area contributed by atoms with Gasteiger partial charge < -0.3 is 10.1 Å². The number of nitrogens with one attached hydrogen (secondary N) is 1. The maximum atomic E-state index is 5.83. The molecule has 2 nitrogen and oxygen atoms in total. The van der Waals surface area contributed by atoms with Crippen molar-refractivity contribution >= 4 is 15.9 Å². The van der Waals surface area contributed by atoms with E-state index in [9.17, 15) is 0 Å². The molecule has 1 aliphatic heterocycles. The molecule has 0 aromatic heterocycles. The van der Waals surface area contributed by atoms with Gasteiger partial charge in [0.25, 0.3) is 0 Å². The van der Waals surface area contributed by atoms with E-state index in [0.717, 1.165) is 18.8 Å². The number of fused-ring (bicyclic) bond motifs is 1. The fraction of sp³-hybridized carbons (Fsp3) is 0.625. The van der Waals surface area contributed by atoms with E-state index in [1.807, 2.05) is 7.05 Å². The second kappa shape index (κ2) is 7.30. The van der Waals surface area contributed by atoms with Crippen LogP contribution in [-0.4, -0.2) is 13.7 Å². The Kier molecular flexibility index (Phi) is 5.71. The first-order valence-electron chi connectivity index (χ1n) is 7.38. The van der Waals surface area contributed by atoms with Gasteiger partial charge in [-0.05, 0) is 31.2 Å². The molecule has 1 aromatic carbocycles. The lowest BCUT2D eigenvalue weighted by Crippen LogP contribution is -2.17. The van der Waals surface area contributed by atoms with Crippen LogP contribution in [0, 0.1) is 0 Å². The van der Waals surface area contributed by atoms with Crippen LogP contribution in [0.4, 0.5) is 0 Å². The molecule has 0 amide bonds. The normalized spacial score (nSPS) is 15.1. The van der Waals surface area contributed by atoms with Gasteiger partial charge in [0, 0.05) is 22.5 Å². The van der Waals surface area contributed by atoms with Crippen molar-refractivity contribution < 1.29 is 4.74 Å². The van der Waals surface area contributed by atoms with Crippen LogP contribution in [0.5, 0.6) is 5.75 Å². The molecule has 1 atom stereocenters. The summed E-state index contributed by atoms with van der Waals surface area (Å²) in [6.45, 7) is 3.08. The zero-order valence-corrected chi connectivity index (χ0v) is 13.6. The molecule has 0 spiro atoms. The minimum atomic E-state index is 0.404. The first kappa shape index (κ1) is 14.9. The van der Waals surface area contributed by atoms with Crippen LogP contribution in [0.15, 0.2) is 16.6 Å². The largest absolute Gasteiger partial charge is 0.493 e. The number of hydrogen-bond donors (Lipinski definition) is 1. The van der Waals surface area contributed by atoms with Crippen LogP contribution in [0.3, 0.4) is 0 Å². The fourth-order valence-electron chi connectivity index (χ4n) is 2.79. The highest BCUT2D eigenvalue weighted by atomic mass is 79.9. The van der Waals surface area contributed by atoms with Crippen molar-refractivity contribution in [1.82, 2.24) is 5.32 Å². The number of halogens is 1. The lowest BCUT2D eigenvalue weighted by Gasteiger charge is -2.19. The molecule has 0 saturated carbocycles. The first-order chi connectivity index (χ1) is 9.26. The second-order valence-electron chi connectivity index (χ2n) is 5.27. The number of ether oxygens (including phenoxy) is 1. The molecule has 1 heterocycles. The van der Waals surface area contributed by atoms with Gasteiger partial charge in [0.15, 0.2) is 0 Å². The lowest BCUT2D eigenvalue weighted by molar-refractivity contribution is 0.347. The Labute approximate surface area is 125 Å². The van der Waals surface area contributed by atoms with Crippen molar-refractivity contribution in [2.75, 3.05) is 13.7 Å². The summed E-state index contributed by atoms with van der Waals surface area (Å²) < 4.78 is 7.00. The van der Waals surface area contributed by atoms with Gasteiger partial charge in [-0.3, -0.25) is 0 Å². The quantitative estimate of drug-likeness (QED) is 0.739. The summed E-state index contributed by atoms with van der Waals surface area (Å²) in [6, 6.07) is 4.81.